The summed E-state index contributed by atoms with van der Waals surface area (Å²) in [4.78, 5) is 8.08. The normalized spacial score (nSPS) is 12.9. The number of nitrogens with zero attached hydrogens (tertiary/aromatic N) is 3. The lowest BCUT2D eigenvalue weighted by Gasteiger charge is -2.38. The molecule has 0 bridgehead atoms. The summed E-state index contributed by atoms with van der Waals surface area (Å²) in [7, 11) is 2.70. The van der Waals surface area contributed by atoms with Gasteiger partial charge in [-0.2, -0.15) is 0 Å². The van der Waals surface area contributed by atoms with Gasteiger partial charge in [-0.25, -0.2) is 0 Å². The van der Waals surface area contributed by atoms with Gasteiger partial charge >= 0.3 is 8.80 Å². The molecule has 6 nitrogen and oxygen atoms in total. The first-order chi connectivity index (χ1) is 19.4. The van der Waals surface area contributed by atoms with E-state index >= 15 is 0 Å². The zero-order chi connectivity index (χ0) is 30.1. The van der Waals surface area contributed by atoms with Crippen LogP contribution in [0.15, 0.2) is 0 Å². The Kier molecular flexibility index (Phi) is 25.5. The molecular weight excluding hydrogens is 514 g/mol. The van der Waals surface area contributed by atoms with Gasteiger partial charge < -0.3 is 28.0 Å². The highest BCUT2D eigenvalue weighted by Gasteiger charge is 2.41. The van der Waals surface area contributed by atoms with E-state index in [4.69, 9.17) is 13.3 Å². The van der Waals surface area contributed by atoms with Crippen LogP contribution >= 0.6 is 0 Å². The molecule has 0 heterocycles. The first-order valence-electron chi connectivity index (χ1n) is 17.2. The maximum atomic E-state index is 5.92. The minimum atomic E-state index is -2.62. The molecular formula is C33H73N3O3Si. The molecule has 0 unspecified atom stereocenters. The predicted molar refractivity (Wildman–Crippen MR) is 177 cm³/mol. The van der Waals surface area contributed by atoms with Crippen LogP contribution in [0.3, 0.4) is 0 Å². The predicted octanol–water partition coefficient (Wildman–Crippen LogP) is 7.95. The van der Waals surface area contributed by atoms with Crippen molar-refractivity contribution in [3.05, 3.63) is 0 Å². The Balaban J connectivity index is 5.88. The first kappa shape index (κ1) is 40.0. The quantitative estimate of drug-likeness (QED) is 0.0794. The van der Waals surface area contributed by atoms with E-state index in [-0.39, 0.29) is 0 Å². The van der Waals surface area contributed by atoms with E-state index in [9.17, 15) is 0 Å². The van der Waals surface area contributed by atoms with Gasteiger partial charge in [0.1, 0.15) is 0 Å². The Labute approximate surface area is 253 Å². The third kappa shape index (κ3) is 17.2. The van der Waals surface area contributed by atoms with E-state index in [1.165, 1.54) is 136 Å². The summed E-state index contributed by atoms with van der Waals surface area (Å²) in [5.74, 6) is 0. The summed E-state index contributed by atoms with van der Waals surface area (Å²) in [6.45, 7) is 24.9. The second kappa shape index (κ2) is 25.5. The van der Waals surface area contributed by atoms with E-state index in [2.05, 4.69) is 56.2 Å². The molecule has 0 amide bonds. The van der Waals surface area contributed by atoms with Crippen molar-refractivity contribution in [2.75, 3.05) is 80.2 Å². The summed E-state index contributed by atoms with van der Waals surface area (Å²) in [6.07, 6.45) is 16.3. The van der Waals surface area contributed by atoms with Crippen molar-refractivity contribution >= 4 is 8.80 Å². The molecule has 40 heavy (non-hydrogen) atoms. The summed E-state index contributed by atoms with van der Waals surface area (Å²) in [5.41, 5.74) is 0.312. The topological polar surface area (TPSA) is 37.4 Å². The van der Waals surface area contributed by atoms with Gasteiger partial charge in [0.2, 0.25) is 0 Å². The van der Waals surface area contributed by atoms with E-state index < -0.39 is 8.80 Å². The van der Waals surface area contributed by atoms with Gasteiger partial charge in [0, 0.05) is 27.4 Å². The molecule has 0 N–H and O–H groups in total. The van der Waals surface area contributed by atoms with Crippen LogP contribution in [-0.2, 0) is 13.3 Å². The van der Waals surface area contributed by atoms with Crippen LogP contribution < -0.4 is 0 Å². The maximum absolute atomic E-state index is 5.92. The van der Waals surface area contributed by atoms with E-state index in [0.717, 1.165) is 12.5 Å². The van der Waals surface area contributed by atoms with Crippen molar-refractivity contribution < 1.29 is 13.3 Å². The van der Waals surface area contributed by atoms with Crippen molar-refractivity contribution in [1.82, 2.24) is 14.7 Å². The Morgan fingerprint density at radius 1 is 0.425 bits per heavy atom. The van der Waals surface area contributed by atoms with Crippen LogP contribution in [0.2, 0.25) is 6.04 Å². The Morgan fingerprint density at radius 3 is 0.925 bits per heavy atom. The lowest BCUT2D eigenvalue weighted by molar-refractivity contribution is 0.105. The van der Waals surface area contributed by atoms with Gasteiger partial charge in [0.05, 0.1) is 0 Å². The zero-order valence-corrected chi connectivity index (χ0v) is 29.8. The fourth-order valence-corrected chi connectivity index (χ4v) is 8.61. The van der Waals surface area contributed by atoms with Crippen molar-refractivity contribution in [3.63, 3.8) is 0 Å². The lowest BCUT2D eigenvalue weighted by Crippen LogP contribution is -2.44. The Morgan fingerprint density at radius 2 is 0.700 bits per heavy atom. The van der Waals surface area contributed by atoms with Gasteiger partial charge in [-0.1, -0.05) is 41.5 Å². The Bertz CT molecular complexity index is 470. The third-order valence-corrected chi connectivity index (χ3v) is 11.4. The average Bonchev–Trinajstić information content (AvgIpc) is 2.95. The molecule has 242 valence electrons. The number of rotatable bonds is 30. The van der Waals surface area contributed by atoms with Gasteiger partial charge in [-0.05, 0) is 148 Å². The van der Waals surface area contributed by atoms with Crippen molar-refractivity contribution in [3.8, 4) is 0 Å². The van der Waals surface area contributed by atoms with Gasteiger partial charge in [0.25, 0.3) is 0 Å². The molecule has 0 aromatic heterocycles. The number of hydrogen-bond acceptors (Lipinski definition) is 6. The minimum absolute atomic E-state index is 0.312. The van der Waals surface area contributed by atoms with E-state index in [0.29, 0.717) is 5.41 Å². The fourth-order valence-electron chi connectivity index (χ4n) is 6.66. The van der Waals surface area contributed by atoms with Crippen LogP contribution in [0.25, 0.3) is 0 Å². The van der Waals surface area contributed by atoms with Crippen molar-refractivity contribution in [2.45, 2.75) is 131 Å². The summed E-state index contributed by atoms with van der Waals surface area (Å²) in [6, 6.07) is 0.908. The second-order valence-electron chi connectivity index (χ2n) is 12.1. The molecule has 0 rings (SSSR count). The monoisotopic (exact) mass is 588 g/mol. The minimum Gasteiger partial charge on any atom is -0.377 e. The molecule has 0 aromatic rings. The second-order valence-corrected chi connectivity index (χ2v) is 15.2. The van der Waals surface area contributed by atoms with E-state index in [1.807, 2.05) is 0 Å². The fraction of sp³-hybridized carbons (Fsp3) is 1.00. The molecule has 0 saturated carbocycles. The zero-order valence-electron chi connectivity index (χ0n) is 28.8. The average molecular weight is 588 g/mol. The molecule has 0 aliphatic rings. The van der Waals surface area contributed by atoms with Crippen LogP contribution in [0.5, 0.6) is 0 Å². The van der Waals surface area contributed by atoms with E-state index in [1.54, 1.807) is 21.3 Å². The maximum Gasteiger partial charge on any atom is 0.500 e. The SMILES string of the molecule is CCCN(CCC)CCCC(CCCN(CCC)CCC)(CCCN(CCC)CCC)CC[Si](OC)(OC)OC. The standard InChI is InChI=1S/C33H73N3O3Si/c1-10-23-34(24-11-2)29-16-19-33(22-32-40(37-7,38-8)39-9,20-17-30-35(25-12-3)26-13-4)21-18-31-36(27-14-5)28-15-6/h10-32H2,1-9H3. The van der Waals surface area contributed by atoms with Crippen molar-refractivity contribution in [1.29, 1.82) is 0 Å². The smallest absolute Gasteiger partial charge is 0.377 e. The van der Waals surface area contributed by atoms with Gasteiger partial charge in [-0.3, -0.25) is 0 Å². The highest BCUT2D eigenvalue weighted by Crippen LogP contribution is 2.42. The molecule has 7 heteroatoms. The Hall–Kier alpha value is -0.0231. The summed E-state index contributed by atoms with van der Waals surface area (Å²) < 4.78 is 17.8. The summed E-state index contributed by atoms with van der Waals surface area (Å²) in [5, 5.41) is 0. The van der Waals surface area contributed by atoms with Crippen LogP contribution in [0.1, 0.15) is 125 Å². The largest absolute Gasteiger partial charge is 0.500 e. The third-order valence-electron chi connectivity index (χ3n) is 8.68. The molecule has 0 spiro atoms. The number of hydrogen-bond donors (Lipinski definition) is 0. The molecule has 0 atom stereocenters. The molecule has 0 fully saturated rings. The van der Waals surface area contributed by atoms with Crippen LogP contribution in [0, 0.1) is 5.41 Å². The highest BCUT2D eigenvalue weighted by molar-refractivity contribution is 6.60. The molecule has 0 aliphatic carbocycles. The molecule has 0 saturated heterocycles. The first-order valence-corrected chi connectivity index (χ1v) is 19.1. The lowest BCUT2D eigenvalue weighted by atomic mass is 9.73. The van der Waals surface area contributed by atoms with Gasteiger partial charge in [0.15, 0.2) is 0 Å². The van der Waals surface area contributed by atoms with Crippen LogP contribution in [0.4, 0.5) is 0 Å². The molecule has 0 aromatic carbocycles. The van der Waals surface area contributed by atoms with Crippen molar-refractivity contribution in [2.24, 2.45) is 5.41 Å². The summed E-state index contributed by atoms with van der Waals surface area (Å²) >= 11 is 0. The van der Waals surface area contributed by atoms with Crippen LogP contribution in [-0.4, -0.2) is 104 Å². The van der Waals surface area contributed by atoms with Gasteiger partial charge in [-0.15, -0.1) is 0 Å². The highest BCUT2D eigenvalue weighted by atomic mass is 28.4. The molecule has 0 aliphatic heterocycles. The molecule has 0 radical (unpaired) electrons.